The van der Waals surface area contributed by atoms with Crippen LogP contribution in [0, 0.1) is 10.1 Å². The predicted molar refractivity (Wildman–Crippen MR) is 69.2 cm³/mol. The van der Waals surface area contributed by atoms with Crippen molar-refractivity contribution in [2.45, 2.75) is 19.4 Å². The summed E-state index contributed by atoms with van der Waals surface area (Å²) in [5.74, 6) is 0.579. The lowest BCUT2D eigenvalue weighted by atomic mass is 10.2. The molecule has 0 aliphatic heterocycles. The number of methoxy groups -OCH3 is 2. The maximum absolute atomic E-state index is 10.9. The molecule has 1 aromatic carbocycles. The van der Waals surface area contributed by atoms with Gasteiger partial charge in [-0.3, -0.25) is 10.1 Å². The van der Waals surface area contributed by atoms with Gasteiger partial charge in [0.1, 0.15) is 11.4 Å². The van der Waals surface area contributed by atoms with Crippen LogP contribution in [-0.4, -0.2) is 31.8 Å². The zero-order valence-electron chi connectivity index (χ0n) is 10.8. The molecule has 6 nitrogen and oxygen atoms in total. The lowest BCUT2D eigenvalue weighted by Crippen LogP contribution is -2.24. The summed E-state index contributed by atoms with van der Waals surface area (Å²) in [6.07, 6.45) is 0.808. The Morgan fingerprint density at radius 2 is 2.17 bits per heavy atom. The van der Waals surface area contributed by atoms with Crippen molar-refractivity contribution in [2.24, 2.45) is 0 Å². The van der Waals surface area contributed by atoms with Crippen molar-refractivity contribution in [3.05, 3.63) is 28.3 Å². The minimum Gasteiger partial charge on any atom is -0.497 e. The molecule has 0 fully saturated rings. The lowest BCUT2D eigenvalue weighted by Gasteiger charge is -2.17. The van der Waals surface area contributed by atoms with Crippen molar-refractivity contribution < 1.29 is 14.4 Å². The Kier molecular flexibility index (Phi) is 5.38. The van der Waals surface area contributed by atoms with E-state index in [0.717, 1.165) is 6.42 Å². The summed E-state index contributed by atoms with van der Waals surface area (Å²) in [6, 6.07) is 4.65. The highest BCUT2D eigenvalue weighted by molar-refractivity contribution is 5.64. The number of nitro groups is 1. The smallest absolute Gasteiger partial charge is 0.292 e. The number of hydrogen-bond donors (Lipinski definition) is 1. The molecule has 1 aromatic rings. The first-order valence-electron chi connectivity index (χ1n) is 5.70. The molecule has 0 heterocycles. The fourth-order valence-corrected chi connectivity index (χ4v) is 1.60. The molecule has 100 valence electrons. The van der Waals surface area contributed by atoms with Gasteiger partial charge in [0, 0.05) is 25.3 Å². The molecule has 0 aromatic heterocycles. The number of nitro benzene ring substituents is 1. The summed E-state index contributed by atoms with van der Waals surface area (Å²) >= 11 is 0. The van der Waals surface area contributed by atoms with E-state index in [0.29, 0.717) is 18.0 Å². The predicted octanol–water partition coefficient (Wildman–Crippen LogP) is 2.44. The summed E-state index contributed by atoms with van der Waals surface area (Å²) in [5, 5.41) is 14.1. The van der Waals surface area contributed by atoms with Crippen LogP contribution in [0.2, 0.25) is 0 Å². The van der Waals surface area contributed by atoms with Gasteiger partial charge in [-0.1, -0.05) is 6.92 Å². The Labute approximate surface area is 106 Å². The molecule has 1 unspecified atom stereocenters. The van der Waals surface area contributed by atoms with Crippen molar-refractivity contribution in [3.8, 4) is 5.75 Å². The van der Waals surface area contributed by atoms with Gasteiger partial charge in [-0.15, -0.1) is 0 Å². The Bertz CT molecular complexity index is 409. The fourth-order valence-electron chi connectivity index (χ4n) is 1.60. The van der Waals surface area contributed by atoms with E-state index in [2.05, 4.69) is 5.32 Å². The van der Waals surface area contributed by atoms with E-state index in [9.17, 15) is 10.1 Å². The van der Waals surface area contributed by atoms with Crippen LogP contribution in [0.1, 0.15) is 13.3 Å². The zero-order valence-corrected chi connectivity index (χ0v) is 10.8. The molecule has 0 amide bonds. The highest BCUT2D eigenvalue weighted by Gasteiger charge is 2.17. The number of nitrogens with one attached hydrogen (secondary N) is 1. The van der Waals surface area contributed by atoms with E-state index in [1.165, 1.54) is 13.2 Å². The molecule has 0 saturated carbocycles. The first-order chi connectivity index (χ1) is 8.62. The van der Waals surface area contributed by atoms with Crippen molar-refractivity contribution >= 4 is 11.4 Å². The van der Waals surface area contributed by atoms with Crippen LogP contribution in [0.25, 0.3) is 0 Å². The molecule has 0 spiro atoms. The summed E-state index contributed by atoms with van der Waals surface area (Å²) in [6.45, 7) is 2.48. The van der Waals surface area contributed by atoms with Crippen molar-refractivity contribution in [1.82, 2.24) is 0 Å². The van der Waals surface area contributed by atoms with Gasteiger partial charge < -0.3 is 14.8 Å². The standard InChI is InChI=1S/C12H18N2O4/c1-4-9(8-17-2)13-11-7-10(18-3)5-6-12(11)14(15)16/h5-7,9,13H,4,8H2,1-3H3. The summed E-state index contributed by atoms with van der Waals surface area (Å²) in [5.41, 5.74) is 0.480. The van der Waals surface area contributed by atoms with Gasteiger partial charge >= 0.3 is 0 Å². The van der Waals surface area contributed by atoms with Crippen LogP contribution in [-0.2, 0) is 4.74 Å². The molecule has 18 heavy (non-hydrogen) atoms. The first kappa shape index (κ1) is 14.2. The Morgan fingerprint density at radius 1 is 1.44 bits per heavy atom. The zero-order chi connectivity index (χ0) is 13.5. The summed E-state index contributed by atoms with van der Waals surface area (Å²) < 4.78 is 10.1. The van der Waals surface area contributed by atoms with E-state index in [1.54, 1.807) is 19.2 Å². The van der Waals surface area contributed by atoms with E-state index < -0.39 is 4.92 Å². The second kappa shape index (κ2) is 6.80. The lowest BCUT2D eigenvalue weighted by molar-refractivity contribution is -0.384. The molecule has 6 heteroatoms. The minimum absolute atomic E-state index is 0.0285. The second-order valence-electron chi connectivity index (χ2n) is 3.85. The maximum atomic E-state index is 10.9. The number of rotatable bonds is 7. The van der Waals surface area contributed by atoms with Crippen molar-refractivity contribution in [2.75, 3.05) is 26.1 Å². The fraction of sp³-hybridized carbons (Fsp3) is 0.500. The quantitative estimate of drug-likeness (QED) is 0.597. The van der Waals surface area contributed by atoms with E-state index >= 15 is 0 Å². The third-order valence-electron chi connectivity index (χ3n) is 2.62. The van der Waals surface area contributed by atoms with Crippen LogP contribution < -0.4 is 10.1 Å². The molecular weight excluding hydrogens is 236 g/mol. The highest BCUT2D eigenvalue weighted by atomic mass is 16.6. The van der Waals surface area contributed by atoms with Crippen LogP contribution in [0.15, 0.2) is 18.2 Å². The van der Waals surface area contributed by atoms with Gasteiger partial charge in [-0.05, 0) is 12.5 Å². The number of benzene rings is 1. The summed E-state index contributed by atoms with van der Waals surface area (Å²) in [4.78, 5) is 10.5. The Hall–Kier alpha value is -1.82. The SMILES string of the molecule is CCC(COC)Nc1cc(OC)ccc1[N+](=O)[O-]. The van der Waals surface area contributed by atoms with Gasteiger partial charge in [-0.2, -0.15) is 0 Å². The second-order valence-corrected chi connectivity index (χ2v) is 3.85. The monoisotopic (exact) mass is 254 g/mol. The molecule has 0 bridgehead atoms. The van der Waals surface area contributed by atoms with Gasteiger partial charge in [-0.25, -0.2) is 0 Å². The molecule has 0 aliphatic rings. The maximum Gasteiger partial charge on any atom is 0.292 e. The average Bonchev–Trinajstić information content (AvgIpc) is 2.37. The van der Waals surface area contributed by atoms with E-state index in [4.69, 9.17) is 9.47 Å². The Balaban J connectivity index is 2.99. The molecular formula is C12H18N2O4. The summed E-state index contributed by atoms with van der Waals surface area (Å²) in [7, 11) is 3.13. The van der Waals surface area contributed by atoms with Gasteiger partial charge in [0.25, 0.3) is 5.69 Å². The highest BCUT2D eigenvalue weighted by Crippen LogP contribution is 2.29. The molecule has 1 rings (SSSR count). The molecule has 0 aliphatic carbocycles. The van der Waals surface area contributed by atoms with Gasteiger partial charge in [0.2, 0.25) is 0 Å². The minimum atomic E-state index is -0.415. The van der Waals surface area contributed by atoms with Gasteiger partial charge in [0.15, 0.2) is 0 Å². The van der Waals surface area contributed by atoms with Crippen LogP contribution in [0.5, 0.6) is 5.75 Å². The molecule has 0 radical (unpaired) electrons. The molecule has 0 saturated heterocycles. The molecule has 1 N–H and O–H groups in total. The van der Waals surface area contributed by atoms with E-state index in [-0.39, 0.29) is 11.7 Å². The van der Waals surface area contributed by atoms with Crippen LogP contribution in [0.4, 0.5) is 11.4 Å². The third-order valence-corrected chi connectivity index (χ3v) is 2.62. The third kappa shape index (κ3) is 3.59. The largest absolute Gasteiger partial charge is 0.497 e. The normalized spacial score (nSPS) is 11.9. The first-order valence-corrected chi connectivity index (χ1v) is 5.70. The van der Waals surface area contributed by atoms with Crippen LogP contribution >= 0.6 is 0 Å². The van der Waals surface area contributed by atoms with E-state index in [1.807, 2.05) is 6.92 Å². The average molecular weight is 254 g/mol. The topological polar surface area (TPSA) is 73.6 Å². The number of ether oxygens (including phenoxy) is 2. The van der Waals surface area contributed by atoms with Gasteiger partial charge in [0.05, 0.1) is 18.6 Å². The van der Waals surface area contributed by atoms with Crippen molar-refractivity contribution in [1.29, 1.82) is 0 Å². The number of hydrogen-bond acceptors (Lipinski definition) is 5. The number of nitrogens with zero attached hydrogens (tertiary/aromatic N) is 1. The molecule has 1 atom stereocenters. The Morgan fingerprint density at radius 3 is 2.67 bits per heavy atom. The van der Waals surface area contributed by atoms with Crippen molar-refractivity contribution in [3.63, 3.8) is 0 Å². The number of anilines is 1. The van der Waals surface area contributed by atoms with Crippen LogP contribution in [0.3, 0.4) is 0 Å².